The second-order valence-corrected chi connectivity index (χ2v) is 11.1. The number of aliphatic hydroxyl groups excluding tert-OH is 1. The fourth-order valence-electron chi connectivity index (χ4n) is 4.94. The Morgan fingerprint density at radius 3 is 2.67 bits per heavy atom. The van der Waals surface area contributed by atoms with Crippen LogP contribution in [0, 0.1) is 5.82 Å². The van der Waals surface area contributed by atoms with Gasteiger partial charge in [0.2, 0.25) is 0 Å². The molecule has 1 aliphatic heterocycles. The van der Waals surface area contributed by atoms with Crippen molar-refractivity contribution in [1.29, 1.82) is 0 Å². The third kappa shape index (κ3) is 8.02. The molecule has 0 radical (unpaired) electrons. The van der Waals surface area contributed by atoms with Crippen LogP contribution >= 0.6 is 11.6 Å². The average molecular weight is 647 g/mol. The van der Waals surface area contributed by atoms with Gasteiger partial charge in [0.15, 0.2) is 0 Å². The van der Waals surface area contributed by atoms with Crippen LogP contribution in [-0.4, -0.2) is 72.6 Å². The number of hydrogen-bond acceptors (Lipinski definition) is 9. The summed E-state index contributed by atoms with van der Waals surface area (Å²) in [4.78, 5) is 28.5. The molecule has 1 aromatic heterocycles. The Morgan fingerprint density at radius 2 is 1.93 bits per heavy atom. The molecule has 0 aliphatic carbocycles. The fraction of sp³-hybridized carbons (Fsp3) is 0.242. The van der Waals surface area contributed by atoms with E-state index in [4.69, 9.17) is 16.3 Å². The predicted molar refractivity (Wildman–Crippen MR) is 180 cm³/mol. The molecule has 0 bridgehead atoms. The van der Waals surface area contributed by atoms with Crippen LogP contribution in [0.15, 0.2) is 85.7 Å². The summed E-state index contributed by atoms with van der Waals surface area (Å²) < 4.78 is 19.4. The maximum atomic E-state index is 13.8. The maximum absolute atomic E-state index is 13.8. The van der Waals surface area contributed by atoms with Gasteiger partial charge in [-0.3, -0.25) is 0 Å². The number of anilines is 6. The van der Waals surface area contributed by atoms with Crippen molar-refractivity contribution in [1.82, 2.24) is 20.2 Å². The minimum absolute atomic E-state index is 0.0401. The highest BCUT2D eigenvalue weighted by Gasteiger charge is 2.22. The summed E-state index contributed by atoms with van der Waals surface area (Å²) in [6.45, 7) is 7.50. The number of ether oxygens (including phenoxy) is 1. The lowest BCUT2D eigenvalue weighted by atomic mass is 10.2. The van der Waals surface area contributed by atoms with Gasteiger partial charge in [0.25, 0.3) is 0 Å². The lowest BCUT2D eigenvalue weighted by Crippen LogP contribution is -2.44. The molecule has 5 rings (SSSR count). The van der Waals surface area contributed by atoms with Crippen LogP contribution in [0.1, 0.15) is 5.56 Å². The zero-order chi connectivity index (χ0) is 32.6. The summed E-state index contributed by atoms with van der Waals surface area (Å²) >= 11 is 5.94. The lowest BCUT2D eigenvalue weighted by Gasteiger charge is -2.34. The quantitative estimate of drug-likeness (QED) is 0.120. The number of urea groups is 1. The first-order valence-corrected chi connectivity index (χ1v) is 15.0. The molecule has 4 N–H and O–H groups in total. The van der Waals surface area contributed by atoms with E-state index in [1.54, 1.807) is 43.5 Å². The summed E-state index contributed by atoms with van der Waals surface area (Å²) in [5, 5.41) is 19.0. The number of hydrogen-bond donors (Lipinski definition) is 4. The molecule has 0 saturated carbocycles. The molecule has 2 heterocycles. The van der Waals surface area contributed by atoms with E-state index in [2.05, 4.69) is 49.3 Å². The maximum Gasteiger partial charge on any atom is 0.327 e. The molecular weight excluding hydrogens is 611 g/mol. The lowest BCUT2D eigenvalue weighted by molar-refractivity contribution is 0.248. The highest BCUT2D eigenvalue weighted by atomic mass is 35.5. The number of likely N-dealkylation sites (N-methyl/N-ethyl adjacent to an activating group) is 1. The summed E-state index contributed by atoms with van der Waals surface area (Å²) in [5.41, 5.74) is 3.37. The zero-order valence-corrected chi connectivity index (χ0v) is 26.3. The molecule has 0 spiro atoms. The minimum Gasteiger partial charge on any atom is -0.494 e. The highest BCUT2D eigenvalue weighted by molar-refractivity contribution is 6.30. The van der Waals surface area contributed by atoms with E-state index in [1.807, 2.05) is 18.2 Å². The van der Waals surface area contributed by atoms with E-state index in [-0.39, 0.29) is 17.4 Å². The van der Waals surface area contributed by atoms with Gasteiger partial charge in [-0.25, -0.2) is 24.1 Å². The molecule has 13 heteroatoms. The first-order valence-electron chi connectivity index (χ1n) is 14.6. The van der Waals surface area contributed by atoms with Crippen molar-refractivity contribution < 1.29 is 19.0 Å². The number of aliphatic hydroxyl groups is 1. The van der Waals surface area contributed by atoms with Crippen LogP contribution in [0.2, 0.25) is 5.02 Å². The number of methoxy groups -OCH3 is 1. The number of nitrogens with zero attached hydrogens (tertiary/aromatic N) is 5. The smallest absolute Gasteiger partial charge is 0.327 e. The Kier molecular flexibility index (Phi) is 10.5. The molecule has 1 fully saturated rings. The van der Waals surface area contributed by atoms with E-state index in [1.165, 1.54) is 29.4 Å². The Bertz CT molecular complexity index is 1680. The molecule has 1 atom stereocenters. The number of carbonyl (C=O) groups is 1. The van der Waals surface area contributed by atoms with E-state index in [0.717, 1.165) is 31.9 Å². The molecule has 11 nitrogen and oxygen atoms in total. The standard InChI is InChI=1S/C33H36ClFN8O3/c1-4-32(44)39-23-6-5-7-25(17-23)43(33(45)36-20-22-8-10-27(35)26(34)16-22)31-19-30(37-21-38-31)40-28-11-9-24(18-29(28)46-3)42-14-12-41(2)13-15-42/h4-11,16-19,21,32,39,44H,1,12-15,20H2,2-3H3,(H,36,45)(H,37,38,40). The number of aromatic nitrogens is 2. The summed E-state index contributed by atoms with van der Waals surface area (Å²) in [7, 11) is 3.73. The van der Waals surface area contributed by atoms with E-state index in [9.17, 15) is 14.3 Å². The number of nitrogens with one attached hydrogen (secondary N) is 3. The largest absolute Gasteiger partial charge is 0.494 e. The van der Waals surface area contributed by atoms with Crippen LogP contribution in [0.5, 0.6) is 5.75 Å². The minimum atomic E-state index is -0.992. The first kappa shape index (κ1) is 32.5. The summed E-state index contributed by atoms with van der Waals surface area (Å²) in [6, 6.07) is 18.2. The van der Waals surface area contributed by atoms with E-state index in [0.29, 0.717) is 34.2 Å². The SMILES string of the molecule is C=CC(O)Nc1cccc(N(C(=O)NCc2ccc(F)c(Cl)c2)c2cc(Nc3ccc(N4CCN(C)CC4)cc3OC)ncn2)c1. The molecule has 4 aromatic rings. The van der Waals surface area contributed by atoms with Crippen LogP contribution in [0.4, 0.5) is 43.6 Å². The number of rotatable bonds is 11. The Hall–Kier alpha value is -4.91. The van der Waals surface area contributed by atoms with Crippen LogP contribution < -0.4 is 30.5 Å². The number of amides is 2. The second-order valence-electron chi connectivity index (χ2n) is 10.7. The van der Waals surface area contributed by atoms with Gasteiger partial charge in [-0.15, -0.1) is 0 Å². The third-order valence-electron chi connectivity index (χ3n) is 7.47. The van der Waals surface area contributed by atoms with Gasteiger partial charge in [0, 0.05) is 56.2 Å². The molecule has 1 unspecified atom stereocenters. The first-order chi connectivity index (χ1) is 22.2. The molecule has 1 aliphatic rings. The molecular formula is C33H36ClFN8O3. The van der Waals surface area contributed by atoms with Crippen molar-refractivity contribution in [3.05, 3.63) is 102 Å². The van der Waals surface area contributed by atoms with Crippen molar-refractivity contribution in [2.24, 2.45) is 0 Å². The number of carbonyl (C=O) groups excluding carboxylic acids is 1. The van der Waals surface area contributed by atoms with Gasteiger partial charge in [-0.2, -0.15) is 0 Å². The summed E-state index contributed by atoms with van der Waals surface area (Å²) in [6.07, 6.45) is 1.71. The van der Waals surface area contributed by atoms with Crippen LogP contribution in [0.25, 0.3) is 0 Å². The van der Waals surface area contributed by atoms with Gasteiger partial charge in [0.1, 0.15) is 35.8 Å². The number of piperazine rings is 1. The number of halogens is 2. The molecule has 3 aromatic carbocycles. The van der Waals surface area contributed by atoms with Gasteiger partial charge in [-0.05, 0) is 61.2 Å². The fourth-order valence-corrected chi connectivity index (χ4v) is 5.15. The van der Waals surface area contributed by atoms with Crippen molar-refractivity contribution in [3.63, 3.8) is 0 Å². The monoisotopic (exact) mass is 646 g/mol. The molecule has 240 valence electrons. The van der Waals surface area contributed by atoms with E-state index < -0.39 is 18.1 Å². The number of benzene rings is 3. The third-order valence-corrected chi connectivity index (χ3v) is 7.76. The highest BCUT2D eigenvalue weighted by Crippen LogP contribution is 2.34. The van der Waals surface area contributed by atoms with Crippen molar-refractivity contribution >= 4 is 52.0 Å². The average Bonchev–Trinajstić information content (AvgIpc) is 3.06. The zero-order valence-electron chi connectivity index (χ0n) is 25.6. The van der Waals surface area contributed by atoms with E-state index >= 15 is 0 Å². The topological polar surface area (TPSA) is 118 Å². The Labute approximate surface area is 272 Å². The molecule has 46 heavy (non-hydrogen) atoms. The molecule has 2 amide bonds. The van der Waals surface area contributed by atoms with Crippen molar-refractivity contribution in [2.45, 2.75) is 12.8 Å². The van der Waals surface area contributed by atoms with Crippen molar-refractivity contribution in [2.75, 3.05) is 60.8 Å². The molecule has 1 saturated heterocycles. The van der Waals surface area contributed by atoms with Gasteiger partial charge >= 0.3 is 6.03 Å². The van der Waals surface area contributed by atoms with Gasteiger partial charge in [0.05, 0.1) is 23.5 Å². The van der Waals surface area contributed by atoms with Gasteiger partial charge < -0.3 is 35.6 Å². The van der Waals surface area contributed by atoms with Crippen molar-refractivity contribution in [3.8, 4) is 5.75 Å². The normalized spacial score (nSPS) is 13.9. The van der Waals surface area contributed by atoms with Gasteiger partial charge in [-0.1, -0.05) is 30.3 Å². The second kappa shape index (κ2) is 14.9. The Morgan fingerprint density at radius 1 is 1.13 bits per heavy atom. The Balaban J connectivity index is 1.42. The van der Waals surface area contributed by atoms with Crippen LogP contribution in [0.3, 0.4) is 0 Å². The predicted octanol–water partition coefficient (Wildman–Crippen LogP) is 5.74. The summed E-state index contributed by atoms with van der Waals surface area (Å²) in [5.74, 6) is 0.788. The van der Waals surface area contributed by atoms with Crippen LogP contribution in [-0.2, 0) is 6.54 Å².